The van der Waals surface area contributed by atoms with Crippen molar-refractivity contribution in [1.82, 2.24) is 20.9 Å². The molecular weight excluding hydrogens is 472 g/mol. The lowest BCUT2D eigenvalue weighted by molar-refractivity contribution is -0.141. The minimum absolute atomic E-state index is 0.0234. The molecule has 4 atom stereocenters. The molecule has 1 aliphatic heterocycles. The molecule has 2 amide bonds. The molecule has 1 aromatic carbocycles. The summed E-state index contributed by atoms with van der Waals surface area (Å²) in [6.45, 7) is 11.8. The van der Waals surface area contributed by atoms with Gasteiger partial charge in [-0.1, -0.05) is 70.4 Å². The van der Waals surface area contributed by atoms with Gasteiger partial charge >= 0.3 is 0 Å². The van der Waals surface area contributed by atoms with E-state index >= 15 is 0 Å². The number of aryl methyl sites for hydroxylation is 1. The molecule has 212 valence electrons. The monoisotopic (exact) mass is 524 g/mol. The Morgan fingerprint density at radius 1 is 1.08 bits per heavy atom. The predicted octanol–water partition coefficient (Wildman–Crippen LogP) is 5.00. The number of amides is 2. The number of rotatable bonds is 7. The first-order chi connectivity index (χ1) is 18.2. The van der Waals surface area contributed by atoms with Gasteiger partial charge in [-0.05, 0) is 81.0 Å². The molecule has 1 saturated carbocycles. The molecule has 2 aliphatic carbocycles. The maximum atomic E-state index is 13.8. The second-order valence-electron chi connectivity index (χ2n) is 12.5. The minimum atomic E-state index is -0.379. The summed E-state index contributed by atoms with van der Waals surface area (Å²) in [5, 5.41) is 9.59. The number of nitrogens with one attached hydrogen (secondary N) is 3. The van der Waals surface area contributed by atoms with E-state index in [4.69, 9.17) is 0 Å². The highest BCUT2D eigenvalue weighted by molar-refractivity contribution is 5.91. The Balaban J connectivity index is 0.000000732. The fraction of sp³-hybridized carbons (Fsp3) is 0.688. The van der Waals surface area contributed by atoms with Crippen LogP contribution in [0.2, 0.25) is 0 Å². The Kier molecular flexibility index (Phi) is 11.4. The van der Waals surface area contributed by atoms with Crippen molar-refractivity contribution in [2.45, 2.75) is 96.7 Å². The van der Waals surface area contributed by atoms with Crippen LogP contribution in [0.5, 0.6) is 0 Å². The highest BCUT2D eigenvalue weighted by Crippen LogP contribution is 2.39. The van der Waals surface area contributed by atoms with Crippen LogP contribution in [-0.2, 0) is 16.0 Å². The summed E-state index contributed by atoms with van der Waals surface area (Å²) in [7, 11) is 3.80. The number of likely N-dealkylation sites (tertiary alicyclic amines) is 1. The smallest absolute Gasteiger partial charge is 0.243 e. The van der Waals surface area contributed by atoms with Gasteiger partial charge in [0.15, 0.2) is 0 Å². The Bertz CT molecular complexity index is 918. The van der Waals surface area contributed by atoms with Gasteiger partial charge in [0.05, 0.1) is 12.1 Å². The fourth-order valence-electron chi connectivity index (χ4n) is 6.48. The summed E-state index contributed by atoms with van der Waals surface area (Å²) in [4.78, 5) is 29.4. The van der Waals surface area contributed by atoms with Crippen molar-refractivity contribution in [3.05, 3.63) is 48.0 Å². The number of hydrogen-bond acceptors (Lipinski definition) is 4. The van der Waals surface area contributed by atoms with Crippen LogP contribution in [0, 0.1) is 17.3 Å². The van der Waals surface area contributed by atoms with Crippen LogP contribution in [-0.4, -0.2) is 56.0 Å². The fourth-order valence-corrected chi connectivity index (χ4v) is 6.48. The zero-order valence-electron chi connectivity index (χ0n) is 24.5. The van der Waals surface area contributed by atoms with E-state index in [1.54, 1.807) is 0 Å². The summed E-state index contributed by atoms with van der Waals surface area (Å²) in [5.74, 6) is 0.842. The molecule has 0 spiro atoms. The minimum Gasteiger partial charge on any atom is -0.347 e. The van der Waals surface area contributed by atoms with Crippen LogP contribution in [0.25, 0.3) is 0 Å². The summed E-state index contributed by atoms with van der Waals surface area (Å²) in [5.41, 5.74) is 2.65. The average Bonchev–Trinajstić information content (AvgIpc) is 3.37. The van der Waals surface area contributed by atoms with Gasteiger partial charge in [-0.25, -0.2) is 0 Å². The quantitative estimate of drug-likeness (QED) is 0.439. The molecular formula is C32H52N4O2. The molecule has 4 rings (SSSR count). The molecule has 1 heterocycles. The highest BCUT2D eigenvalue weighted by Gasteiger charge is 2.46. The van der Waals surface area contributed by atoms with E-state index in [0.29, 0.717) is 18.4 Å². The van der Waals surface area contributed by atoms with Gasteiger partial charge in [0, 0.05) is 13.1 Å². The number of likely N-dealkylation sites (N-methyl/N-ethyl adjacent to an activating group) is 2. The van der Waals surface area contributed by atoms with Crippen LogP contribution in [0.4, 0.5) is 0 Å². The predicted molar refractivity (Wildman–Crippen MR) is 157 cm³/mol. The number of fused-ring (bicyclic) bond motifs is 1. The molecule has 0 radical (unpaired) electrons. The third kappa shape index (κ3) is 7.69. The lowest BCUT2D eigenvalue weighted by Gasteiger charge is -2.35. The SMILES string of the molecule is C=CCNC.CNC(C(=O)N1CC(C(C)(C)C)CC1C(=O)NC1CCCc2ccccc21)C1CCCCC1. The Labute approximate surface area is 231 Å². The molecule has 0 bridgehead atoms. The number of hydrogen-bond donors (Lipinski definition) is 3. The summed E-state index contributed by atoms with van der Waals surface area (Å²) >= 11 is 0. The molecule has 6 heteroatoms. The number of carbonyl (C=O) groups is 2. The van der Waals surface area contributed by atoms with E-state index in [1.807, 2.05) is 25.1 Å². The third-order valence-corrected chi connectivity index (χ3v) is 8.84. The number of benzene rings is 1. The summed E-state index contributed by atoms with van der Waals surface area (Å²) in [6, 6.07) is 7.95. The largest absolute Gasteiger partial charge is 0.347 e. The van der Waals surface area contributed by atoms with Gasteiger partial charge in [-0.15, -0.1) is 6.58 Å². The Morgan fingerprint density at radius 3 is 2.39 bits per heavy atom. The lowest BCUT2D eigenvalue weighted by Crippen LogP contribution is -2.54. The molecule has 4 unspecified atom stereocenters. The topological polar surface area (TPSA) is 73.5 Å². The molecule has 3 N–H and O–H groups in total. The normalized spacial score (nSPS) is 24.6. The Hall–Kier alpha value is -2.18. The standard InChI is InChI=1S/C28H43N3O2.C4H9N/c1-28(2,3)21-17-24(26(32)30-23-16-10-14-19-11-8-9-15-22(19)23)31(18-21)27(33)25(29-4)20-12-6-5-7-13-20;1-3-4-5-2/h8-9,11,15,20-21,23-25,29H,5-7,10,12-14,16-18H2,1-4H3,(H,30,32);3,5H,1,4H2,2H3. The second-order valence-corrected chi connectivity index (χ2v) is 12.5. The highest BCUT2D eigenvalue weighted by atomic mass is 16.2. The van der Waals surface area contributed by atoms with Crippen molar-refractivity contribution in [3.63, 3.8) is 0 Å². The van der Waals surface area contributed by atoms with E-state index in [2.05, 4.69) is 67.6 Å². The van der Waals surface area contributed by atoms with Crippen molar-refractivity contribution < 1.29 is 9.59 Å². The van der Waals surface area contributed by atoms with E-state index in [0.717, 1.165) is 45.1 Å². The van der Waals surface area contributed by atoms with Crippen LogP contribution in [0.15, 0.2) is 36.9 Å². The third-order valence-electron chi connectivity index (χ3n) is 8.84. The number of nitrogens with zero attached hydrogens (tertiary/aromatic N) is 1. The molecule has 2 fully saturated rings. The van der Waals surface area contributed by atoms with E-state index < -0.39 is 0 Å². The molecule has 6 nitrogen and oxygen atoms in total. The zero-order valence-corrected chi connectivity index (χ0v) is 24.5. The van der Waals surface area contributed by atoms with Crippen LogP contribution < -0.4 is 16.0 Å². The van der Waals surface area contributed by atoms with Crippen molar-refractivity contribution in [1.29, 1.82) is 0 Å². The van der Waals surface area contributed by atoms with Gasteiger partial charge in [-0.3, -0.25) is 9.59 Å². The first-order valence-electron chi connectivity index (χ1n) is 14.8. The first-order valence-corrected chi connectivity index (χ1v) is 14.8. The molecule has 3 aliphatic rings. The van der Waals surface area contributed by atoms with Crippen LogP contribution in [0.1, 0.15) is 89.3 Å². The van der Waals surface area contributed by atoms with Crippen LogP contribution in [0.3, 0.4) is 0 Å². The van der Waals surface area contributed by atoms with Gasteiger partial charge < -0.3 is 20.9 Å². The van der Waals surface area contributed by atoms with Gasteiger partial charge in [-0.2, -0.15) is 0 Å². The van der Waals surface area contributed by atoms with E-state index in [-0.39, 0.29) is 35.4 Å². The summed E-state index contributed by atoms with van der Waals surface area (Å²) in [6.07, 6.45) is 11.6. The van der Waals surface area contributed by atoms with Gasteiger partial charge in [0.1, 0.15) is 6.04 Å². The van der Waals surface area contributed by atoms with Crippen molar-refractivity contribution in [2.24, 2.45) is 17.3 Å². The van der Waals surface area contributed by atoms with Crippen LogP contribution >= 0.6 is 0 Å². The van der Waals surface area contributed by atoms with Gasteiger partial charge in [0.2, 0.25) is 11.8 Å². The number of carbonyl (C=O) groups excluding carboxylic acids is 2. The summed E-state index contributed by atoms with van der Waals surface area (Å²) < 4.78 is 0. The van der Waals surface area contributed by atoms with Crippen molar-refractivity contribution >= 4 is 11.8 Å². The average molecular weight is 525 g/mol. The Morgan fingerprint density at radius 2 is 1.79 bits per heavy atom. The second kappa shape index (κ2) is 14.3. The van der Waals surface area contributed by atoms with Gasteiger partial charge in [0.25, 0.3) is 0 Å². The zero-order chi connectivity index (χ0) is 27.7. The first kappa shape index (κ1) is 30.4. The molecule has 38 heavy (non-hydrogen) atoms. The van der Waals surface area contributed by atoms with Crippen molar-refractivity contribution in [3.8, 4) is 0 Å². The molecule has 0 aromatic heterocycles. The molecule has 1 aromatic rings. The maximum absolute atomic E-state index is 13.8. The van der Waals surface area contributed by atoms with E-state index in [9.17, 15) is 9.59 Å². The maximum Gasteiger partial charge on any atom is 0.243 e. The van der Waals surface area contributed by atoms with Crippen molar-refractivity contribution in [2.75, 3.05) is 27.2 Å². The lowest BCUT2D eigenvalue weighted by atomic mass is 9.79. The molecule has 1 saturated heterocycles. The van der Waals surface area contributed by atoms with E-state index in [1.165, 1.54) is 30.4 Å².